The van der Waals surface area contributed by atoms with Crippen LogP contribution in [0.4, 0.5) is 0 Å². The van der Waals surface area contributed by atoms with Gasteiger partial charge in [-0.25, -0.2) is 0 Å². The Kier molecular flexibility index (Phi) is 5.83. The van der Waals surface area contributed by atoms with Gasteiger partial charge in [-0.2, -0.15) is 4.98 Å². The Balaban J connectivity index is 1.40. The predicted octanol–water partition coefficient (Wildman–Crippen LogP) is 1.05. The molecule has 0 spiro atoms. The molecule has 0 saturated carbocycles. The van der Waals surface area contributed by atoms with E-state index in [2.05, 4.69) is 32.3 Å². The number of nitrogens with zero attached hydrogens (tertiary/aromatic N) is 4. The van der Waals surface area contributed by atoms with Crippen molar-refractivity contribution >= 4 is 5.91 Å². The lowest BCUT2D eigenvalue weighted by Crippen LogP contribution is -2.38. The molecule has 1 aliphatic rings. The highest BCUT2D eigenvalue weighted by Gasteiger charge is 2.27. The molecule has 0 aliphatic carbocycles. The number of likely N-dealkylation sites (tertiary alicyclic amines) is 1. The topological polar surface area (TPSA) is 87.6 Å². The fourth-order valence-corrected chi connectivity index (χ4v) is 3.02. The van der Waals surface area contributed by atoms with Crippen LogP contribution in [0.15, 0.2) is 27.3 Å². The van der Waals surface area contributed by atoms with Crippen LogP contribution in [0.25, 0.3) is 0 Å². The number of nitrogens with one attached hydrogen (secondary N) is 1. The molecule has 1 saturated heterocycles. The lowest BCUT2D eigenvalue weighted by atomic mass is 10.2. The van der Waals surface area contributed by atoms with Crippen LogP contribution < -0.4 is 5.32 Å². The van der Waals surface area contributed by atoms with Crippen molar-refractivity contribution in [3.05, 3.63) is 35.9 Å². The molecule has 3 rings (SSSR count). The monoisotopic (exact) mass is 347 g/mol. The van der Waals surface area contributed by atoms with Crippen LogP contribution in [0.5, 0.6) is 0 Å². The fraction of sp³-hybridized carbons (Fsp3) is 0.588. The van der Waals surface area contributed by atoms with Crippen LogP contribution in [-0.4, -0.2) is 58.6 Å². The van der Waals surface area contributed by atoms with Gasteiger partial charge in [-0.05, 0) is 25.6 Å². The number of carbonyl (C=O) groups excluding carboxylic acids is 1. The van der Waals surface area contributed by atoms with Gasteiger partial charge in [-0.3, -0.25) is 14.6 Å². The summed E-state index contributed by atoms with van der Waals surface area (Å²) in [6.45, 7) is 5.27. The quantitative estimate of drug-likeness (QED) is 0.763. The Bertz CT molecular complexity index is 670. The number of carbonyl (C=O) groups is 1. The van der Waals surface area contributed by atoms with Crippen LogP contribution in [0.2, 0.25) is 0 Å². The summed E-state index contributed by atoms with van der Waals surface area (Å²) in [6, 6.07) is 4.06. The Morgan fingerprint density at radius 1 is 1.52 bits per heavy atom. The number of likely N-dealkylation sites (N-methyl/N-ethyl adjacent to an activating group) is 1. The summed E-state index contributed by atoms with van der Waals surface area (Å²) in [4.78, 5) is 20.8. The highest BCUT2D eigenvalue weighted by atomic mass is 16.5. The standard InChI is InChI=1S/C17H25N5O3/c1-3-17-19-15(20-25-17)11-21(2)13-6-7-22(10-13)12-16(23)18-9-14-5-4-8-24-14/h4-5,8,13H,3,6-7,9-12H2,1-2H3,(H,18,23)/t13-/m1/s1. The fourth-order valence-electron chi connectivity index (χ4n) is 3.02. The van der Waals surface area contributed by atoms with E-state index in [0.29, 0.717) is 37.4 Å². The zero-order valence-corrected chi connectivity index (χ0v) is 14.8. The second kappa shape index (κ2) is 8.26. The van der Waals surface area contributed by atoms with Crippen molar-refractivity contribution in [2.45, 2.75) is 38.9 Å². The Morgan fingerprint density at radius 3 is 3.12 bits per heavy atom. The van der Waals surface area contributed by atoms with E-state index in [4.69, 9.17) is 8.94 Å². The maximum absolute atomic E-state index is 12.1. The van der Waals surface area contributed by atoms with Crippen LogP contribution >= 0.6 is 0 Å². The first-order valence-electron chi connectivity index (χ1n) is 8.67. The van der Waals surface area contributed by atoms with Gasteiger partial charge in [0.1, 0.15) is 5.76 Å². The molecule has 3 heterocycles. The van der Waals surface area contributed by atoms with Crippen LogP contribution in [0.1, 0.15) is 30.8 Å². The van der Waals surface area contributed by atoms with Crippen molar-refractivity contribution < 1.29 is 13.7 Å². The first-order chi connectivity index (χ1) is 12.1. The second-order valence-corrected chi connectivity index (χ2v) is 6.41. The molecule has 0 aromatic carbocycles. The highest BCUT2D eigenvalue weighted by Crippen LogP contribution is 2.16. The lowest BCUT2D eigenvalue weighted by Gasteiger charge is -2.23. The van der Waals surface area contributed by atoms with Gasteiger partial charge >= 0.3 is 0 Å². The first kappa shape index (κ1) is 17.6. The van der Waals surface area contributed by atoms with Gasteiger partial charge in [-0.1, -0.05) is 12.1 Å². The van der Waals surface area contributed by atoms with E-state index in [1.165, 1.54) is 0 Å². The molecule has 1 aliphatic heterocycles. The summed E-state index contributed by atoms with van der Waals surface area (Å²) in [5.41, 5.74) is 0. The molecular formula is C17H25N5O3. The summed E-state index contributed by atoms with van der Waals surface area (Å²) < 4.78 is 10.4. The van der Waals surface area contributed by atoms with Gasteiger partial charge in [0.2, 0.25) is 11.8 Å². The van der Waals surface area contributed by atoms with Crippen molar-refractivity contribution in [2.24, 2.45) is 0 Å². The minimum atomic E-state index is 0.0189. The molecule has 8 nitrogen and oxygen atoms in total. The van der Waals surface area contributed by atoms with Crippen molar-refractivity contribution in [1.29, 1.82) is 0 Å². The van der Waals surface area contributed by atoms with E-state index < -0.39 is 0 Å². The molecule has 2 aromatic rings. The van der Waals surface area contributed by atoms with E-state index in [-0.39, 0.29) is 5.91 Å². The Labute approximate surface area is 147 Å². The van der Waals surface area contributed by atoms with Crippen molar-refractivity contribution in [3.63, 3.8) is 0 Å². The van der Waals surface area contributed by atoms with Crippen molar-refractivity contribution in [1.82, 2.24) is 25.3 Å². The normalized spacial score (nSPS) is 18.1. The number of aryl methyl sites for hydroxylation is 1. The zero-order valence-electron chi connectivity index (χ0n) is 14.8. The molecule has 2 aromatic heterocycles. The molecule has 0 unspecified atom stereocenters. The lowest BCUT2D eigenvalue weighted by molar-refractivity contribution is -0.122. The zero-order chi connectivity index (χ0) is 17.6. The molecule has 136 valence electrons. The number of hydrogen-bond acceptors (Lipinski definition) is 7. The average Bonchev–Trinajstić information content (AvgIpc) is 3.34. The molecule has 0 radical (unpaired) electrons. The summed E-state index contributed by atoms with van der Waals surface area (Å²) in [5.74, 6) is 2.17. The third-order valence-corrected chi connectivity index (χ3v) is 4.48. The van der Waals surface area contributed by atoms with Crippen molar-refractivity contribution in [2.75, 3.05) is 26.7 Å². The highest BCUT2D eigenvalue weighted by molar-refractivity contribution is 5.77. The van der Waals surface area contributed by atoms with Gasteiger partial charge in [0, 0.05) is 25.6 Å². The number of amides is 1. The van der Waals surface area contributed by atoms with Crippen LogP contribution in [-0.2, 0) is 24.3 Å². The summed E-state index contributed by atoms with van der Waals surface area (Å²) in [5, 5.41) is 6.88. The number of furan rings is 1. The summed E-state index contributed by atoms with van der Waals surface area (Å²) in [6.07, 6.45) is 3.39. The van der Waals surface area contributed by atoms with Crippen LogP contribution in [0.3, 0.4) is 0 Å². The van der Waals surface area contributed by atoms with Gasteiger partial charge in [0.05, 0.1) is 25.9 Å². The Hall–Kier alpha value is -2.19. The number of rotatable bonds is 8. The average molecular weight is 347 g/mol. The minimum absolute atomic E-state index is 0.0189. The molecule has 1 atom stereocenters. The van der Waals surface area contributed by atoms with Gasteiger partial charge < -0.3 is 14.3 Å². The van der Waals surface area contributed by atoms with E-state index in [0.717, 1.165) is 31.7 Å². The van der Waals surface area contributed by atoms with Crippen molar-refractivity contribution in [3.8, 4) is 0 Å². The minimum Gasteiger partial charge on any atom is -0.467 e. The predicted molar refractivity (Wildman–Crippen MR) is 90.5 cm³/mol. The van der Waals surface area contributed by atoms with Gasteiger partial charge in [0.15, 0.2) is 5.82 Å². The largest absolute Gasteiger partial charge is 0.467 e. The van der Waals surface area contributed by atoms with Crippen LogP contribution in [0, 0.1) is 0 Å². The smallest absolute Gasteiger partial charge is 0.234 e. The summed E-state index contributed by atoms with van der Waals surface area (Å²) in [7, 11) is 2.06. The van der Waals surface area contributed by atoms with Gasteiger partial charge in [-0.15, -0.1) is 0 Å². The molecule has 8 heteroatoms. The molecule has 25 heavy (non-hydrogen) atoms. The van der Waals surface area contributed by atoms with E-state index >= 15 is 0 Å². The maximum Gasteiger partial charge on any atom is 0.234 e. The van der Waals surface area contributed by atoms with E-state index in [9.17, 15) is 4.79 Å². The number of aromatic nitrogens is 2. The Morgan fingerprint density at radius 2 is 2.40 bits per heavy atom. The third kappa shape index (κ3) is 4.90. The first-order valence-corrected chi connectivity index (χ1v) is 8.67. The SMILES string of the molecule is CCc1nc(CN(C)[C@@H]2CCN(CC(=O)NCc3ccco3)C2)no1. The summed E-state index contributed by atoms with van der Waals surface area (Å²) >= 11 is 0. The molecule has 1 N–H and O–H groups in total. The number of hydrogen-bond donors (Lipinski definition) is 1. The molecular weight excluding hydrogens is 322 g/mol. The molecule has 1 fully saturated rings. The molecule has 1 amide bonds. The van der Waals surface area contributed by atoms with E-state index in [1.54, 1.807) is 6.26 Å². The van der Waals surface area contributed by atoms with E-state index in [1.807, 2.05) is 19.1 Å². The third-order valence-electron chi connectivity index (χ3n) is 4.48. The van der Waals surface area contributed by atoms with Gasteiger partial charge in [0.25, 0.3) is 0 Å². The second-order valence-electron chi connectivity index (χ2n) is 6.41. The maximum atomic E-state index is 12.1. The molecule has 0 bridgehead atoms.